The van der Waals surface area contributed by atoms with Gasteiger partial charge in [-0.05, 0) is 24.6 Å². The molecular weight excluding hydrogens is 260 g/mol. The number of aliphatic imine (C=N–C) groups is 1. The van der Waals surface area contributed by atoms with Gasteiger partial charge < -0.3 is 11.1 Å². The van der Waals surface area contributed by atoms with E-state index in [0.717, 1.165) is 35.5 Å². The molecule has 100 valence electrons. The SMILES string of the molecule is CCCN=CC(=CN)c1cnc2c(c1)NC(Cl)C=C2. The standard InChI is InChI=1S/C14H17ClN4/c1-2-5-17-8-11(7-16)10-6-13-12(18-9-10)3-4-14(15)19-13/h3-4,6-9,14,19H,2,5,16H2,1H3. The summed E-state index contributed by atoms with van der Waals surface area (Å²) < 4.78 is 0. The average molecular weight is 277 g/mol. The number of hydrogen-bond donors (Lipinski definition) is 2. The molecule has 1 atom stereocenters. The van der Waals surface area contributed by atoms with Crippen molar-refractivity contribution in [2.24, 2.45) is 10.7 Å². The molecule has 2 rings (SSSR count). The highest BCUT2D eigenvalue weighted by Crippen LogP contribution is 2.25. The zero-order chi connectivity index (χ0) is 13.7. The Bertz CT molecular complexity index is 534. The number of aromatic nitrogens is 1. The molecule has 0 spiro atoms. The molecule has 0 saturated carbocycles. The third kappa shape index (κ3) is 3.35. The first kappa shape index (κ1) is 13.6. The summed E-state index contributed by atoms with van der Waals surface area (Å²) in [6.45, 7) is 2.88. The van der Waals surface area contributed by atoms with Gasteiger partial charge >= 0.3 is 0 Å². The van der Waals surface area contributed by atoms with Gasteiger partial charge in [0.15, 0.2) is 0 Å². The van der Waals surface area contributed by atoms with Crippen molar-refractivity contribution in [1.29, 1.82) is 0 Å². The van der Waals surface area contributed by atoms with E-state index in [0.29, 0.717) is 0 Å². The van der Waals surface area contributed by atoms with Crippen LogP contribution >= 0.6 is 11.6 Å². The Morgan fingerprint density at radius 1 is 1.63 bits per heavy atom. The summed E-state index contributed by atoms with van der Waals surface area (Å²) >= 11 is 6.02. The third-order valence-corrected chi connectivity index (χ3v) is 2.99. The summed E-state index contributed by atoms with van der Waals surface area (Å²) in [5.74, 6) is 0. The Morgan fingerprint density at radius 2 is 2.47 bits per heavy atom. The number of anilines is 1. The summed E-state index contributed by atoms with van der Waals surface area (Å²) in [4.78, 5) is 8.69. The molecule has 0 aliphatic carbocycles. The molecule has 4 nitrogen and oxygen atoms in total. The van der Waals surface area contributed by atoms with Gasteiger partial charge in [-0.3, -0.25) is 9.98 Å². The van der Waals surface area contributed by atoms with Crippen LogP contribution in [-0.2, 0) is 0 Å². The summed E-state index contributed by atoms with van der Waals surface area (Å²) in [6.07, 6.45) is 9.89. The van der Waals surface area contributed by atoms with Crippen molar-refractivity contribution in [3.05, 3.63) is 35.8 Å². The maximum absolute atomic E-state index is 6.02. The molecule has 3 N–H and O–H groups in total. The quantitative estimate of drug-likeness (QED) is 0.505. The molecule has 5 heteroatoms. The fraction of sp³-hybridized carbons (Fsp3) is 0.286. The number of fused-ring (bicyclic) bond motifs is 1. The Hall–Kier alpha value is -1.81. The summed E-state index contributed by atoms with van der Waals surface area (Å²) in [7, 11) is 0. The monoisotopic (exact) mass is 276 g/mol. The van der Waals surface area contributed by atoms with Crippen LogP contribution in [0.4, 0.5) is 5.69 Å². The Morgan fingerprint density at radius 3 is 3.21 bits per heavy atom. The average Bonchev–Trinajstić information content (AvgIpc) is 2.43. The highest BCUT2D eigenvalue weighted by molar-refractivity contribution is 6.23. The highest BCUT2D eigenvalue weighted by atomic mass is 35.5. The summed E-state index contributed by atoms with van der Waals surface area (Å²) in [5.41, 5.74) is 9.00. The number of alkyl halides is 1. The second-order valence-electron chi connectivity index (χ2n) is 4.22. The van der Waals surface area contributed by atoms with E-state index in [-0.39, 0.29) is 5.50 Å². The molecule has 1 aliphatic rings. The van der Waals surface area contributed by atoms with E-state index in [2.05, 4.69) is 22.2 Å². The smallest absolute Gasteiger partial charge is 0.120 e. The van der Waals surface area contributed by atoms with Gasteiger partial charge in [-0.25, -0.2) is 0 Å². The van der Waals surface area contributed by atoms with E-state index in [9.17, 15) is 0 Å². The number of halogens is 1. The lowest BCUT2D eigenvalue weighted by Crippen LogP contribution is -2.14. The second kappa shape index (κ2) is 6.38. The second-order valence-corrected chi connectivity index (χ2v) is 4.69. The first-order chi connectivity index (χ1) is 9.24. The van der Waals surface area contributed by atoms with E-state index in [1.165, 1.54) is 0 Å². The van der Waals surface area contributed by atoms with Gasteiger partial charge in [0, 0.05) is 36.3 Å². The van der Waals surface area contributed by atoms with Gasteiger partial charge in [-0.2, -0.15) is 0 Å². The summed E-state index contributed by atoms with van der Waals surface area (Å²) in [5, 5.41) is 3.15. The molecule has 0 saturated heterocycles. The predicted octanol–water partition coefficient (Wildman–Crippen LogP) is 2.87. The number of nitrogens with zero attached hydrogens (tertiary/aromatic N) is 2. The fourth-order valence-corrected chi connectivity index (χ4v) is 1.95. The predicted molar refractivity (Wildman–Crippen MR) is 82.3 cm³/mol. The van der Waals surface area contributed by atoms with E-state index in [1.807, 2.05) is 18.2 Å². The molecule has 19 heavy (non-hydrogen) atoms. The van der Waals surface area contributed by atoms with E-state index in [1.54, 1.807) is 18.6 Å². The lowest BCUT2D eigenvalue weighted by atomic mass is 10.1. The molecule has 1 unspecified atom stereocenters. The lowest BCUT2D eigenvalue weighted by Gasteiger charge is -2.17. The van der Waals surface area contributed by atoms with Crippen LogP contribution in [0.25, 0.3) is 11.6 Å². The molecule has 0 amide bonds. The molecule has 1 aromatic rings. The van der Waals surface area contributed by atoms with Gasteiger partial charge in [-0.15, -0.1) is 0 Å². The first-order valence-electron chi connectivity index (χ1n) is 6.25. The molecular formula is C14H17ClN4. The van der Waals surface area contributed by atoms with Crippen molar-refractivity contribution >= 4 is 35.2 Å². The van der Waals surface area contributed by atoms with Crippen LogP contribution in [0.15, 0.2) is 29.5 Å². The minimum Gasteiger partial charge on any atom is -0.404 e. The highest BCUT2D eigenvalue weighted by Gasteiger charge is 2.12. The zero-order valence-corrected chi connectivity index (χ0v) is 11.6. The third-order valence-electron chi connectivity index (χ3n) is 2.73. The van der Waals surface area contributed by atoms with Crippen LogP contribution in [0.3, 0.4) is 0 Å². The maximum Gasteiger partial charge on any atom is 0.120 e. The van der Waals surface area contributed by atoms with Gasteiger partial charge in [0.2, 0.25) is 0 Å². The van der Waals surface area contributed by atoms with Crippen molar-refractivity contribution < 1.29 is 0 Å². The van der Waals surface area contributed by atoms with Crippen molar-refractivity contribution in [3.8, 4) is 0 Å². The molecule has 0 bridgehead atoms. The van der Waals surface area contributed by atoms with Crippen molar-refractivity contribution in [2.75, 3.05) is 11.9 Å². The van der Waals surface area contributed by atoms with Gasteiger partial charge in [0.1, 0.15) is 5.50 Å². The molecule has 0 radical (unpaired) electrons. The van der Waals surface area contributed by atoms with E-state index < -0.39 is 0 Å². The minimum absolute atomic E-state index is 0.205. The van der Waals surface area contributed by atoms with Crippen LogP contribution in [0, 0.1) is 0 Å². The maximum atomic E-state index is 6.02. The molecule has 0 aromatic carbocycles. The molecule has 1 aromatic heterocycles. The van der Waals surface area contributed by atoms with Gasteiger partial charge in [-0.1, -0.05) is 18.5 Å². The van der Waals surface area contributed by atoms with E-state index in [4.69, 9.17) is 17.3 Å². The topological polar surface area (TPSA) is 63.3 Å². The van der Waals surface area contributed by atoms with E-state index >= 15 is 0 Å². The van der Waals surface area contributed by atoms with Gasteiger partial charge in [0.25, 0.3) is 0 Å². The van der Waals surface area contributed by atoms with Crippen LogP contribution in [-0.4, -0.2) is 23.2 Å². The Balaban J connectivity index is 2.26. The van der Waals surface area contributed by atoms with Crippen LogP contribution in [0.1, 0.15) is 24.6 Å². The van der Waals surface area contributed by atoms with Crippen LogP contribution in [0.5, 0.6) is 0 Å². The Kier molecular flexibility index (Phi) is 4.58. The fourth-order valence-electron chi connectivity index (χ4n) is 1.76. The van der Waals surface area contributed by atoms with Gasteiger partial charge in [0.05, 0.1) is 11.4 Å². The summed E-state index contributed by atoms with van der Waals surface area (Å²) in [6, 6.07) is 1.98. The number of nitrogens with one attached hydrogen (secondary N) is 1. The molecule has 0 fully saturated rings. The molecule has 1 aliphatic heterocycles. The number of rotatable bonds is 4. The zero-order valence-electron chi connectivity index (χ0n) is 10.8. The minimum atomic E-state index is -0.205. The number of nitrogens with two attached hydrogens (primary N) is 1. The van der Waals surface area contributed by atoms with Crippen LogP contribution in [0.2, 0.25) is 0 Å². The number of pyridine rings is 1. The largest absolute Gasteiger partial charge is 0.404 e. The normalized spacial score (nSPS) is 18.4. The number of hydrogen-bond acceptors (Lipinski definition) is 4. The Labute approximate surface area is 118 Å². The van der Waals surface area contributed by atoms with Crippen molar-refractivity contribution in [3.63, 3.8) is 0 Å². The van der Waals surface area contributed by atoms with Crippen molar-refractivity contribution in [2.45, 2.75) is 18.8 Å². The van der Waals surface area contributed by atoms with Crippen molar-refractivity contribution in [1.82, 2.24) is 4.98 Å². The first-order valence-corrected chi connectivity index (χ1v) is 6.69. The number of allylic oxidation sites excluding steroid dienone is 1. The molecule has 2 heterocycles. The lowest BCUT2D eigenvalue weighted by molar-refractivity contribution is 0.938. The van der Waals surface area contributed by atoms with Crippen LogP contribution < -0.4 is 11.1 Å².